The Kier molecular flexibility index (Phi) is 9.10. The van der Waals surface area contributed by atoms with E-state index in [1.807, 2.05) is 25.7 Å². The van der Waals surface area contributed by atoms with Gasteiger partial charge in [0.1, 0.15) is 22.3 Å². The van der Waals surface area contributed by atoms with Crippen LogP contribution in [0.3, 0.4) is 0 Å². The maximum atomic E-state index is 15.5. The van der Waals surface area contributed by atoms with E-state index in [9.17, 15) is 24.3 Å². The number of aromatic hydroxyl groups is 1. The Balaban J connectivity index is 1.91. The smallest absolute Gasteiger partial charge is 0.276 e. The number of nitrogens with one attached hydrogen (secondary N) is 1. The summed E-state index contributed by atoms with van der Waals surface area (Å²) in [4.78, 5) is 35.0. The number of fused-ring (bicyclic) bond motifs is 1. The molecule has 2 aromatic heterocycles. The van der Waals surface area contributed by atoms with Crippen molar-refractivity contribution in [2.75, 3.05) is 24.5 Å². The summed E-state index contributed by atoms with van der Waals surface area (Å²) < 4.78 is 31.7. The molecule has 2 aliphatic heterocycles. The van der Waals surface area contributed by atoms with Crippen LogP contribution >= 0.6 is 34.8 Å². The molecular formula is C32H29Cl3F2N6O3. The molecule has 1 aromatic carbocycles. The van der Waals surface area contributed by atoms with Crippen LogP contribution < -0.4 is 15.8 Å². The van der Waals surface area contributed by atoms with Crippen molar-refractivity contribution in [3.63, 3.8) is 0 Å². The number of amides is 1. The molecule has 14 heteroatoms. The highest BCUT2D eigenvalue weighted by atomic mass is 35.5. The first-order valence-corrected chi connectivity index (χ1v) is 15.4. The van der Waals surface area contributed by atoms with Crippen LogP contribution in [0.5, 0.6) is 5.75 Å². The minimum absolute atomic E-state index is 0.0157. The summed E-state index contributed by atoms with van der Waals surface area (Å²) in [6, 6.07) is 2.76. The van der Waals surface area contributed by atoms with Crippen molar-refractivity contribution in [3.8, 4) is 23.1 Å². The molecule has 2 aliphatic rings. The number of halogens is 5. The maximum absolute atomic E-state index is 15.5. The number of benzene rings is 1. The molecule has 1 amide bonds. The van der Waals surface area contributed by atoms with Gasteiger partial charge in [-0.3, -0.25) is 14.2 Å². The predicted octanol–water partition coefficient (Wildman–Crippen LogP) is 6.47. The molecule has 4 heterocycles. The highest BCUT2D eigenvalue weighted by Crippen LogP contribution is 2.45. The standard InChI is InChI=1S/C32H29Cl3F2N6O3/c1-6-20(44)42-10-9-41(13-16(42)5)29-17-11-19(33)27(21-22(34)25(37)23(35)30(45)24(21)36)40-31(17)43(32(46)18(29)12-38)28-15(4)7-8-39-26(28)14(2)3/h6-8,11,14,16,26,39,45H,1,9-10,13H2,2-5H3/t16-,26?/m1/s1. The van der Waals surface area contributed by atoms with Crippen molar-refractivity contribution < 1.29 is 18.7 Å². The maximum Gasteiger partial charge on any atom is 0.276 e. The van der Waals surface area contributed by atoms with E-state index < -0.39 is 44.6 Å². The number of carbonyl (C=O) groups is 1. The molecule has 0 aliphatic carbocycles. The number of aromatic nitrogens is 2. The summed E-state index contributed by atoms with van der Waals surface area (Å²) in [5, 5.41) is 22.3. The summed E-state index contributed by atoms with van der Waals surface area (Å²) in [6.45, 7) is 11.9. The van der Waals surface area contributed by atoms with Gasteiger partial charge in [-0.2, -0.15) is 5.26 Å². The SMILES string of the molecule is C=CC(=O)N1CCN(c2c(C#N)c(=O)n(C3=C(C)C=CNC3C(C)C)c3nc(-c4c(F)c(O)c(Cl)c(F)c4Cl)c(Cl)cc23)C[C@H]1C. The molecule has 1 fully saturated rings. The summed E-state index contributed by atoms with van der Waals surface area (Å²) in [5.74, 6) is -4.12. The van der Waals surface area contributed by atoms with Gasteiger partial charge >= 0.3 is 0 Å². The highest BCUT2D eigenvalue weighted by Gasteiger charge is 2.34. The number of hydrogen-bond acceptors (Lipinski definition) is 7. The van der Waals surface area contributed by atoms with Crippen molar-refractivity contribution in [1.29, 1.82) is 5.26 Å². The second-order valence-electron chi connectivity index (χ2n) is 11.5. The molecule has 1 saturated heterocycles. The molecule has 1 unspecified atom stereocenters. The molecular weight excluding hydrogens is 661 g/mol. The highest BCUT2D eigenvalue weighted by molar-refractivity contribution is 6.39. The Hall–Kier alpha value is -4.11. The lowest BCUT2D eigenvalue weighted by atomic mass is 9.94. The Labute approximate surface area is 278 Å². The van der Waals surface area contributed by atoms with Crippen LogP contribution in [-0.2, 0) is 4.79 Å². The largest absolute Gasteiger partial charge is 0.504 e. The first-order chi connectivity index (χ1) is 21.7. The number of phenolic OH excluding ortho intramolecular Hbond substituents is 1. The van der Waals surface area contributed by atoms with Crippen LogP contribution in [0.1, 0.15) is 33.3 Å². The Morgan fingerprint density at radius 3 is 2.54 bits per heavy atom. The third-order valence-corrected chi connectivity index (χ3v) is 9.27. The molecule has 0 bridgehead atoms. The number of piperazine rings is 1. The molecule has 0 spiro atoms. The lowest BCUT2D eigenvalue weighted by molar-refractivity contribution is -0.128. The van der Waals surface area contributed by atoms with Crippen LogP contribution in [0.25, 0.3) is 28.0 Å². The van der Waals surface area contributed by atoms with Gasteiger partial charge in [-0.1, -0.05) is 55.2 Å². The number of nitrogens with zero attached hydrogens (tertiary/aromatic N) is 5. The number of phenols is 1. The first kappa shape index (κ1) is 33.3. The Bertz CT molecular complexity index is 1960. The number of dihydropyridines is 1. The van der Waals surface area contributed by atoms with Gasteiger partial charge in [0, 0.05) is 31.1 Å². The minimum Gasteiger partial charge on any atom is -0.504 e. The zero-order valence-corrected chi connectivity index (χ0v) is 27.5. The summed E-state index contributed by atoms with van der Waals surface area (Å²) in [7, 11) is 0. The number of hydrogen-bond donors (Lipinski definition) is 2. The fourth-order valence-electron chi connectivity index (χ4n) is 6.04. The van der Waals surface area contributed by atoms with E-state index in [-0.39, 0.29) is 70.5 Å². The summed E-state index contributed by atoms with van der Waals surface area (Å²) in [6.07, 6.45) is 4.75. The normalized spacial score (nSPS) is 18.3. The van der Waals surface area contributed by atoms with E-state index in [0.717, 1.165) is 0 Å². The van der Waals surface area contributed by atoms with Crippen molar-refractivity contribution >= 4 is 63.1 Å². The first-order valence-electron chi connectivity index (χ1n) is 14.3. The lowest BCUT2D eigenvalue weighted by Crippen LogP contribution is -2.54. The van der Waals surface area contributed by atoms with Crippen molar-refractivity contribution in [1.82, 2.24) is 19.8 Å². The molecule has 46 heavy (non-hydrogen) atoms. The number of nitriles is 1. The quantitative estimate of drug-likeness (QED) is 0.179. The van der Waals surface area contributed by atoms with Gasteiger partial charge in [0.2, 0.25) is 5.91 Å². The van der Waals surface area contributed by atoms with Gasteiger partial charge in [0.15, 0.2) is 17.4 Å². The molecule has 0 saturated carbocycles. The van der Waals surface area contributed by atoms with E-state index in [1.165, 1.54) is 16.7 Å². The van der Waals surface area contributed by atoms with Gasteiger partial charge in [-0.05, 0) is 49.8 Å². The van der Waals surface area contributed by atoms with Crippen LogP contribution in [0.4, 0.5) is 14.5 Å². The van der Waals surface area contributed by atoms with Crippen LogP contribution in [0, 0.1) is 28.9 Å². The Morgan fingerprint density at radius 2 is 1.93 bits per heavy atom. The third-order valence-electron chi connectivity index (χ3n) is 8.28. The minimum atomic E-state index is -1.36. The van der Waals surface area contributed by atoms with E-state index >= 15 is 4.39 Å². The number of carbonyl (C=O) groups excluding carboxylic acids is 1. The number of rotatable bonds is 5. The van der Waals surface area contributed by atoms with Gasteiger partial charge < -0.3 is 20.2 Å². The lowest BCUT2D eigenvalue weighted by Gasteiger charge is -2.41. The topological polar surface area (TPSA) is 114 Å². The number of allylic oxidation sites excluding steroid dienone is 2. The average Bonchev–Trinajstić information content (AvgIpc) is 3.02. The molecule has 0 radical (unpaired) electrons. The molecule has 2 atom stereocenters. The fourth-order valence-corrected chi connectivity index (χ4v) is 6.78. The number of anilines is 1. The molecule has 3 aromatic rings. The van der Waals surface area contributed by atoms with E-state index in [1.54, 1.807) is 24.1 Å². The van der Waals surface area contributed by atoms with Gasteiger partial charge in [0.05, 0.1) is 38.7 Å². The van der Waals surface area contributed by atoms with Crippen molar-refractivity contribution in [2.45, 2.75) is 39.8 Å². The van der Waals surface area contributed by atoms with Gasteiger partial charge in [-0.15, -0.1) is 0 Å². The molecule has 5 rings (SSSR count). The van der Waals surface area contributed by atoms with Gasteiger partial charge in [-0.25, -0.2) is 13.8 Å². The Morgan fingerprint density at radius 1 is 1.24 bits per heavy atom. The second kappa shape index (κ2) is 12.6. The summed E-state index contributed by atoms with van der Waals surface area (Å²) in [5.41, 5.74) is -0.508. The third kappa shape index (κ3) is 5.28. The number of pyridine rings is 2. The molecule has 9 nitrogen and oxygen atoms in total. The van der Waals surface area contributed by atoms with E-state index in [4.69, 9.17) is 34.8 Å². The monoisotopic (exact) mass is 688 g/mol. The fraction of sp³-hybridized carbons (Fsp3) is 0.312. The van der Waals surface area contributed by atoms with Crippen LogP contribution in [0.2, 0.25) is 15.1 Å². The molecule has 2 N–H and O–H groups in total. The van der Waals surface area contributed by atoms with Gasteiger partial charge in [0.25, 0.3) is 5.56 Å². The predicted molar refractivity (Wildman–Crippen MR) is 176 cm³/mol. The molecule has 240 valence electrons. The second-order valence-corrected chi connectivity index (χ2v) is 12.6. The van der Waals surface area contributed by atoms with E-state index in [2.05, 4.69) is 22.9 Å². The van der Waals surface area contributed by atoms with Crippen LogP contribution in [0.15, 0.2) is 41.4 Å². The van der Waals surface area contributed by atoms with E-state index in [0.29, 0.717) is 11.3 Å². The average molecular weight is 690 g/mol. The zero-order chi connectivity index (χ0) is 33.8. The zero-order valence-electron chi connectivity index (χ0n) is 25.3. The van der Waals surface area contributed by atoms with Crippen molar-refractivity contribution in [2.24, 2.45) is 5.92 Å². The van der Waals surface area contributed by atoms with Crippen LogP contribution in [-0.4, -0.2) is 57.2 Å². The van der Waals surface area contributed by atoms with Crippen molar-refractivity contribution in [3.05, 3.63) is 79.2 Å². The summed E-state index contributed by atoms with van der Waals surface area (Å²) >= 11 is 18.7.